The van der Waals surface area contributed by atoms with Gasteiger partial charge in [-0.05, 0) is 36.3 Å². The topological polar surface area (TPSA) is 102 Å². The lowest BCUT2D eigenvalue weighted by molar-refractivity contribution is -0.136. The molecular formula is C24H21FN2O5. The van der Waals surface area contributed by atoms with E-state index in [-0.39, 0.29) is 31.2 Å². The van der Waals surface area contributed by atoms with Gasteiger partial charge in [0.2, 0.25) is 6.41 Å². The average molecular weight is 436 g/mol. The number of hydrogen-bond donors (Lipinski definition) is 2. The Balaban J connectivity index is 1.58. The molecule has 1 unspecified atom stereocenters. The zero-order valence-electron chi connectivity index (χ0n) is 17.1. The van der Waals surface area contributed by atoms with Gasteiger partial charge in [0.15, 0.2) is 0 Å². The number of carbonyl (C=O) groups excluding carboxylic acids is 1. The van der Waals surface area contributed by atoms with Gasteiger partial charge in [-0.15, -0.1) is 0 Å². The van der Waals surface area contributed by atoms with Crippen LogP contribution in [0.3, 0.4) is 0 Å². The number of carboxylic acid groups (broad SMARTS) is 1. The van der Waals surface area contributed by atoms with E-state index in [0.29, 0.717) is 35.5 Å². The molecule has 2 N–H and O–H groups in total. The van der Waals surface area contributed by atoms with Gasteiger partial charge in [0, 0.05) is 28.8 Å². The van der Waals surface area contributed by atoms with Crippen LogP contribution in [0.4, 0.5) is 4.39 Å². The summed E-state index contributed by atoms with van der Waals surface area (Å²) in [5.41, 5.74) is 2.91. The van der Waals surface area contributed by atoms with Crippen molar-refractivity contribution in [3.8, 4) is 5.75 Å². The number of fused-ring (bicyclic) bond motifs is 1. The molecule has 4 rings (SSSR count). The zero-order chi connectivity index (χ0) is 22.5. The van der Waals surface area contributed by atoms with Crippen molar-refractivity contribution in [1.82, 2.24) is 10.3 Å². The number of aromatic nitrogens is 1. The van der Waals surface area contributed by atoms with Crippen LogP contribution in [0.15, 0.2) is 58.8 Å². The fourth-order valence-electron chi connectivity index (χ4n) is 3.88. The zero-order valence-corrected chi connectivity index (χ0v) is 17.1. The smallest absolute Gasteiger partial charge is 0.307 e. The predicted molar refractivity (Wildman–Crippen MR) is 114 cm³/mol. The molecule has 7 nitrogen and oxygen atoms in total. The molecule has 0 spiro atoms. The SMILES string of the molecule is O=CNCc1nccc(C2CC(COc3ccccc3CC(=O)O)=Cc3ccoc32)c1F. The van der Waals surface area contributed by atoms with Crippen molar-refractivity contribution >= 4 is 18.5 Å². The Morgan fingerprint density at radius 1 is 1.31 bits per heavy atom. The van der Waals surface area contributed by atoms with Crippen LogP contribution in [0.25, 0.3) is 6.08 Å². The molecule has 0 bridgehead atoms. The average Bonchev–Trinajstić information content (AvgIpc) is 3.26. The summed E-state index contributed by atoms with van der Waals surface area (Å²) >= 11 is 0. The van der Waals surface area contributed by atoms with Crippen molar-refractivity contribution in [1.29, 1.82) is 0 Å². The first-order valence-corrected chi connectivity index (χ1v) is 10.1. The number of nitrogens with zero attached hydrogens (tertiary/aromatic N) is 1. The number of nitrogens with one attached hydrogen (secondary N) is 1. The number of halogens is 1. The summed E-state index contributed by atoms with van der Waals surface area (Å²) in [4.78, 5) is 25.7. The summed E-state index contributed by atoms with van der Waals surface area (Å²) in [6, 6.07) is 10.4. The van der Waals surface area contributed by atoms with Crippen molar-refractivity contribution in [2.24, 2.45) is 0 Å². The normalized spacial score (nSPS) is 14.9. The molecule has 1 aliphatic rings. The number of pyridine rings is 1. The first kappa shape index (κ1) is 21.3. The molecule has 0 saturated carbocycles. The maximum absolute atomic E-state index is 15.2. The second-order valence-electron chi connectivity index (χ2n) is 7.43. The molecule has 1 atom stereocenters. The summed E-state index contributed by atoms with van der Waals surface area (Å²) in [6.45, 7) is 0.219. The van der Waals surface area contributed by atoms with E-state index >= 15 is 4.39 Å². The highest BCUT2D eigenvalue weighted by molar-refractivity contribution is 5.71. The number of amides is 1. The van der Waals surface area contributed by atoms with Crippen molar-refractivity contribution in [3.05, 3.63) is 88.4 Å². The molecule has 0 radical (unpaired) electrons. The Morgan fingerprint density at radius 2 is 2.16 bits per heavy atom. The minimum absolute atomic E-state index is 0.00687. The molecule has 3 aromatic rings. The van der Waals surface area contributed by atoms with Gasteiger partial charge in [0.25, 0.3) is 0 Å². The van der Waals surface area contributed by atoms with E-state index in [9.17, 15) is 9.59 Å². The highest BCUT2D eigenvalue weighted by Gasteiger charge is 2.29. The van der Waals surface area contributed by atoms with Crippen molar-refractivity contribution < 1.29 is 28.2 Å². The number of para-hydroxylation sites is 1. The van der Waals surface area contributed by atoms with Crippen molar-refractivity contribution in [2.75, 3.05) is 6.61 Å². The molecule has 0 saturated heterocycles. The van der Waals surface area contributed by atoms with Gasteiger partial charge in [-0.1, -0.05) is 18.2 Å². The molecule has 2 heterocycles. The molecule has 1 amide bonds. The maximum Gasteiger partial charge on any atom is 0.307 e. The van der Waals surface area contributed by atoms with Crippen LogP contribution in [0.1, 0.15) is 40.5 Å². The minimum Gasteiger partial charge on any atom is -0.489 e. The van der Waals surface area contributed by atoms with E-state index in [0.717, 1.165) is 11.1 Å². The van der Waals surface area contributed by atoms with Gasteiger partial charge >= 0.3 is 5.97 Å². The molecule has 32 heavy (non-hydrogen) atoms. The number of ether oxygens (including phenoxy) is 1. The molecule has 1 aromatic carbocycles. The van der Waals surface area contributed by atoms with E-state index in [2.05, 4.69) is 10.3 Å². The Morgan fingerprint density at radius 3 is 2.97 bits per heavy atom. The number of hydrogen-bond acceptors (Lipinski definition) is 5. The quantitative estimate of drug-likeness (QED) is 0.496. The van der Waals surface area contributed by atoms with Gasteiger partial charge in [-0.25, -0.2) is 4.39 Å². The van der Waals surface area contributed by atoms with Crippen LogP contribution >= 0.6 is 0 Å². The second-order valence-corrected chi connectivity index (χ2v) is 7.43. The molecular weight excluding hydrogens is 415 g/mol. The van der Waals surface area contributed by atoms with Gasteiger partial charge in [0.1, 0.15) is 23.9 Å². The van der Waals surface area contributed by atoms with Crippen LogP contribution in [0.5, 0.6) is 5.75 Å². The number of carboxylic acids is 1. The van der Waals surface area contributed by atoms with Gasteiger partial charge < -0.3 is 19.6 Å². The first-order chi connectivity index (χ1) is 15.6. The molecule has 164 valence electrons. The minimum atomic E-state index is -0.936. The second kappa shape index (κ2) is 9.47. The van der Waals surface area contributed by atoms with E-state index in [1.165, 1.54) is 6.20 Å². The van der Waals surface area contributed by atoms with Crippen LogP contribution in [-0.4, -0.2) is 29.1 Å². The largest absolute Gasteiger partial charge is 0.489 e. The highest BCUT2D eigenvalue weighted by Crippen LogP contribution is 2.40. The van der Waals surface area contributed by atoms with Crippen LogP contribution < -0.4 is 10.1 Å². The lowest BCUT2D eigenvalue weighted by Crippen LogP contribution is -2.17. The standard InChI is InChI=1S/C24H21FN2O5/c25-23-18(5-7-27-20(23)12-26-14-28)19-10-15(9-17-6-8-31-24(17)19)13-32-21-4-2-1-3-16(21)11-22(29)30/h1-9,14,19H,10-13H2,(H,26,28)(H,29,30). The molecule has 1 aliphatic carbocycles. The summed E-state index contributed by atoms with van der Waals surface area (Å²) < 4.78 is 26.8. The van der Waals surface area contributed by atoms with Crippen molar-refractivity contribution in [3.63, 3.8) is 0 Å². The van der Waals surface area contributed by atoms with E-state index in [1.54, 1.807) is 36.6 Å². The fraction of sp³-hybridized carbons (Fsp3) is 0.208. The molecule has 8 heteroatoms. The summed E-state index contributed by atoms with van der Waals surface area (Å²) in [7, 11) is 0. The fourth-order valence-corrected chi connectivity index (χ4v) is 3.88. The molecule has 2 aromatic heterocycles. The van der Waals surface area contributed by atoms with Gasteiger partial charge in [-0.3, -0.25) is 14.6 Å². The molecule has 0 aliphatic heterocycles. The Labute approximate surface area is 183 Å². The number of furan rings is 1. The Bertz CT molecular complexity index is 1170. The number of rotatable bonds is 9. The van der Waals surface area contributed by atoms with Crippen molar-refractivity contribution in [2.45, 2.75) is 25.3 Å². The monoisotopic (exact) mass is 436 g/mol. The summed E-state index contributed by atoms with van der Waals surface area (Å²) in [5.74, 6) is -0.643. The van der Waals surface area contributed by atoms with Crippen LogP contribution in [0, 0.1) is 5.82 Å². The summed E-state index contributed by atoms with van der Waals surface area (Å²) in [6.07, 6.45) is 5.85. The number of benzene rings is 1. The highest BCUT2D eigenvalue weighted by atomic mass is 19.1. The van der Waals surface area contributed by atoms with Gasteiger partial charge in [-0.2, -0.15) is 0 Å². The Hall–Kier alpha value is -3.94. The third kappa shape index (κ3) is 4.54. The van der Waals surface area contributed by atoms with E-state index < -0.39 is 11.8 Å². The number of carbonyl (C=O) groups is 2. The lowest BCUT2D eigenvalue weighted by Gasteiger charge is -2.24. The molecule has 0 fully saturated rings. The Kier molecular flexibility index (Phi) is 6.30. The lowest BCUT2D eigenvalue weighted by atomic mass is 9.83. The van der Waals surface area contributed by atoms with Crippen LogP contribution in [0.2, 0.25) is 0 Å². The predicted octanol–water partition coefficient (Wildman–Crippen LogP) is 3.68. The number of aliphatic carboxylic acids is 1. The van der Waals surface area contributed by atoms with E-state index in [4.69, 9.17) is 14.3 Å². The first-order valence-electron chi connectivity index (χ1n) is 10.1. The van der Waals surface area contributed by atoms with Gasteiger partial charge in [0.05, 0.1) is 24.9 Å². The van der Waals surface area contributed by atoms with Crippen LogP contribution in [-0.2, 0) is 22.6 Å². The maximum atomic E-state index is 15.2. The summed E-state index contributed by atoms with van der Waals surface area (Å²) in [5, 5.41) is 11.6. The third-order valence-electron chi connectivity index (χ3n) is 5.32. The van der Waals surface area contributed by atoms with E-state index in [1.807, 2.05) is 12.1 Å². The third-order valence-corrected chi connectivity index (χ3v) is 5.32.